The van der Waals surface area contributed by atoms with E-state index < -0.39 is 6.03 Å². The molecule has 4 aromatic rings. The number of carbonyl (C=O) groups is 2. The summed E-state index contributed by atoms with van der Waals surface area (Å²) in [6.45, 7) is 5.96. The highest BCUT2D eigenvalue weighted by molar-refractivity contribution is 6.04. The molecule has 0 saturated carbocycles. The minimum Gasteiger partial charge on any atom is -0.508 e. The van der Waals surface area contributed by atoms with Gasteiger partial charge in [-0.1, -0.05) is 38.1 Å². The molecule has 0 aliphatic heterocycles. The average Bonchev–Trinajstić information content (AvgIpc) is 3.46. The van der Waals surface area contributed by atoms with Crippen LogP contribution >= 0.6 is 0 Å². The number of H-pyrrole nitrogens is 1. The standard InChI is InChI=1S/C25H25N5O4/c1-25(2,3)21-13-22(30-34-21)29-24(33)28-18-8-6-17(7-9-18)27-23(32)20-12-16(14-26-20)15-4-10-19(31)11-5-15/h4-14,26,31H,1-3H3,(H,27,32)(H2,28,29,30,33). The second-order valence-corrected chi connectivity index (χ2v) is 8.79. The Labute approximate surface area is 196 Å². The predicted octanol–water partition coefficient (Wildman–Crippen LogP) is 5.57. The third-order valence-corrected chi connectivity index (χ3v) is 5.02. The Morgan fingerprint density at radius 1 is 0.882 bits per heavy atom. The van der Waals surface area contributed by atoms with Gasteiger partial charge in [0.25, 0.3) is 5.91 Å². The van der Waals surface area contributed by atoms with Crippen molar-refractivity contribution in [3.63, 3.8) is 0 Å². The summed E-state index contributed by atoms with van der Waals surface area (Å²) < 4.78 is 5.26. The average molecular weight is 460 g/mol. The monoisotopic (exact) mass is 459 g/mol. The minimum atomic E-state index is -0.460. The molecular weight excluding hydrogens is 434 g/mol. The van der Waals surface area contributed by atoms with E-state index in [0.29, 0.717) is 28.6 Å². The fourth-order valence-electron chi connectivity index (χ4n) is 3.15. The summed E-state index contributed by atoms with van der Waals surface area (Å²) in [5, 5.41) is 21.4. The third-order valence-electron chi connectivity index (χ3n) is 5.02. The van der Waals surface area contributed by atoms with Crippen LogP contribution in [0.15, 0.2) is 71.4 Å². The molecule has 2 aromatic heterocycles. The van der Waals surface area contributed by atoms with Gasteiger partial charge in [-0.15, -0.1) is 0 Å². The van der Waals surface area contributed by atoms with Crippen molar-refractivity contribution in [2.24, 2.45) is 0 Å². The van der Waals surface area contributed by atoms with Crippen LogP contribution in [0, 0.1) is 0 Å². The molecule has 2 heterocycles. The lowest BCUT2D eigenvalue weighted by molar-refractivity contribution is 0.102. The van der Waals surface area contributed by atoms with Crippen molar-refractivity contribution < 1.29 is 19.2 Å². The second-order valence-electron chi connectivity index (χ2n) is 8.79. The second kappa shape index (κ2) is 9.14. The molecule has 0 radical (unpaired) electrons. The van der Waals surface area contributed by atoms with Crippen LogP contribution in [0.3, 0.4) is 0 Å². The van der Waals surface area contributed by atoms with Crippen molar-refractivity contribution in [1.29, 1.82) is 0 Å². The zero-order chi connectivity index (χ0) is 24.3. The summed E-state index contributed by atoms with van der Waals surface area (Å²) in [6, 6.07) is 16.4. The number of hydrogen-bond acceptors (Lipinski definition) is 5. The van der Waals surface area contributed by atoms with E-state index in [0.717, 1.165) is 11.1 Å². The summed E-state index contributed by atoms with van der Waals surface area (Å²) in [5.41, 5.74) is 3.01. The molecule has 0 atom stereocenters. The number of urea groups is 1. The molecule has 0 unspecified atom stereocenters. The number of benzene rings is 2. The van der Waals surface area contributed by atoms with E-state index in [1.165, 1.54) is 0 Å². The van der Waals surface area contributed by atoms with E-state index in [-0.39, 0.29) is 17.1 Å². The zero-order valence-corrected chi connectivity index (χ0v) is 19.0. The molecule has 9 nitrogen and oxygen atoms in total. The number of aromatic nitrogens is 2. The molecule has 0 aliphatic carbocycles. The number of phenolic OH excluding ortho intramolecular Hbond substituents is 1. The fraction of sp³-hybridized carbons (Fsp3) is 0.160. The number of aromatic hydroxyl groups is 1. The maximum Gasteiger partial charge on any atom is 0.324 e. The van der Waals surface area contributed by atoms with Crippen LogP contribution in [-0.4, -0.2) is 27.2 Å². The number of phenols is 1. The van der Waals surface area contributed by atoms with Gasteiger partial charge in [-0.25, -0.2) is 4.79 Å². The first-order chi connectivity index (χ1) is 16.2. The van der Waals surface area contributed by atoms with E-state index in [4.69, 9.17) is 4.52 Å². The van der Waals surface area contributed by atoms with Gasteiger partial charge in [-0.05, 0) is 53.6 Å². The van der Waals surface area contributed by atoms with Crippen molar-refractivity contribution in [1.82, 2.24) is 10.1 Å². The molecular formula is C25H25N5O4. The number of nitrogens with one attached hydrogen (secondary N) is 4. The lowest BCUT2D eigenvalue weighted by Crippen LogP contribution is -2.19. The van der Waals surface area contributed by atoms with Crippen LogP contribution < -0.4 is 16.0 Å². The highest BCUT2D eigenvalue weighted by atomic mass is 16.5. The summed E-state index contributed by atoms with van der Waals surface area (Å²) in [6.07, 6.45) is 1.73. The summed E-state index contributed by atoms with van der Waals surface area (Å²) in [4.78, 5) is 27.8. The Morgan fingerprint density at radius 2 is 1.53 bits per heavy atom. The van der Waals surface area contributed by atoms with Crippen LogP contribution in [0.5, 0.6) is 5.75 Å². The number of hydrogen-bond donors (Lipinski definition) is 5. The molecule has 174 valence electrons. The van der Waals surface area contributed by atoms with Gasteiger partial charge >= 0.3 is 6.03 Å². The largest absolute Gasteiger partial charge is 0.508 e. The van der Waals surface area contributed by atoms with Crippen molar-refractivity contribution in [3.05, 3.63) is 78.3 Å². The quantitative estimate of drug-likeness (QED) is 0.266. The van der Waals surface area contributed by atoms with E-state index in [1.807, 2.05) is 20.8 Å². The molecule has 0 aliphatic rings. The lowest BCUT2D eigenvalue weighted by atomic mass is 9.93. The SMILES string of the molecule is CC(C)(C)c1cc(NC(=O)Nc2ccc(NC(=O)c3cc(-c4ccc(O)cc4)c[nH]3)cc2)no1. The van der Waals surface area contributed by atoms with E-state index in [1.54, 1.807) is 66.9 Å². The normalized spacial score (nSPS) is 11.1. The maximum absolute atomic E-state index is 12.6. The maximum atomic E-state index is 12.6. The van der Waals surface area contributed by atoms with Gasteiger partial charge in [0, 0.05) is 29.1 Å². The van der Waals surface area contributed by atoms with Crippen LogP contribution in [0.2, 0.25) is 0 Å². The molecule has 3 amide bonds. The summed E-state index contributed by atoms with van der Waals surface area (Å²) in [5.74, 6) is 0.869. The number of carbonyl (C=O) groups excluding carboxylic acids is 2. The van der Waals surface area contributed by atoms with Gasteiger partial charge in [0.15, 0.2) is 5.82 Å². The topological polar surface area (TPSA) is 132 Å². The predicted molar refractivity (Wildman–Crippen MR) is 130 cm³/mol. The van der Waals surface area contributed by atoms with Gasteiger partial charge < -0.3 is 25.2 Å². The first kappa shape index (κ1) is 22.7. The third kappa shape index (κ3) is 5.44. The molecule has 9 heteroatoms. The molecule has 34 heavy (non-hydrogen) atoms. The van der Waals surface area contributed by atoms with Gasteiger partial charge in [-0.2, -0.15) is 0 Å². The Kier molecular flexibility index (Phi) is 6.09. The van der Waals surface area contributed by atoms with Crippen molar-refractivity contribution in [2.75, 3.05) is 16.0 Å². The molecule has 0 saturated heterocycles. The van der Waals surface area contributed by atoms with Crippen molar-refractivity contribution in [2.45, 2.75) is 26.2 Å². The number of rotatable bonds is 5. The van der Waals surface area contributed by atoms with Gasteiger partial charge in [0.1, 0.15) is 17.2 Å². The van der Waals surface area contributed by atoms with Crippen LogP contribution in [0.1, 0.15) is 37.0 Å². The van der Waals surface area contributed by atoms with Crippen molar-refractivity contribution in [3.8, 4) is 16.9 Å². The Balaban J connectivity index is 1.33. The van der Waals surface area contributed by atoms with Crippen LogP contribution in [0.25, 0.3) is 11.1 Å². The Hall–Kier alpha value is -4.53. The molecule has 4 rings (SSSR count). The van der Waals surface area contributed by atoms with Gasteiger partial charge in [-0.3, -0.25) is 10.1 Å². The number of amides is 3. The fourth-order valence-corrected chi connectivity index (χ4v) is 3.15. The van der Waals surface area contributed by atoms with E-state index in [9.17, 15) is 14.7 Å². The molecule has 0 spiro atoms. The minimum absolute atomic E-state index is 0.181. The Morgan fingerprint density at radius 3 is 2.15 bits per heavy atom. The molecule has 0 fully saturated rings. The highest BCUT2D eigenvalue weighted by Crippen LogP contribution is 2.25. The Bertz CT molecular complexity index is 1300. The first-order valence-electron chi connectivity index (χ1n) is 10.6. The summed E-state index contributed by atoms with van der Waals surface area (Å²) >= 11 is 0. The van der Waals surface area contributed by atoms with Crippen LogP contribution in [-0.2, 0) is 5.41 Å². The van der Waals surface area contributed by atoms with E-state index >= 15 is 0 Å². The smallest absolute Gasteiger partial charge is 0.324 e. The molecule has 2 aromatic carbocycles. The van der Waals surface area contributed by atoms with Gasteiger partial charge in [0.05, 0.1) is 0 Å². The lowest BCUT2D eigenvalue weighted by Gasteiger charge is -2.12. The highest BCUT2D eigenvalue weighted by Gasteiger charge is 2.20. The number of anilines is 3. The van der Waals surface area contributed by atoms with E-state index in [2.05, 4.69) is 26.1 Å². The number of nitrogens with zero attached hydrogens (tertiary/aromatic N) is 1. The van der Waals surface area contributed by atoms with Crippen LogP contribution in [0.4, 0.5) is 22.0 Å². The summed E-state index contributed by atoms with van der Waals surface area (Å²) in [7, 11) is 0. The molecule has 5 N–H and O–H groups in total. The molecule has 0 bridgehead atoms. The zero-order valence-electron chi connectivity index (χ0n) is 19.0. The number of aromatic amines is 1. The van der Waals surface area contributed by atoms with Crippen molar-refractivity contribution >= 4 is 29.1 Å². The first-order valence-corrected chi connectivity index (χ1v) is 10.6. The van der Waals surface area contributed by atoms with Gasteiger partial charge in [0.2, 0.25) is 0 Å².